The van der Waals surface area contributed by atoms with E-state index in [9.17, 15) is 0 Å². The molecule has 3 heteroatoms. The van der Waals surface area contributed by atoms with E-state index in [0.29, 0.717) is 0 Å². The van der Waals surface area contributed by atoms with Crippen LogP contribution in [0.2, 0.25) is 5.02 Å². The SMILES string of the molecule is CCc1nsc(C)c1Cl. The van der Waals surface area contributed by atoms with Crippen LogP contribution in [0.4, 0.5) is 0 Å². The first-order valence-corrected chi connectivity index (χ1v) is 4.01. The lowest BCUT2D eigenvalue weighted by Gasteiger charge is -1.86. The Kier molecular flexibility index (Phi) is 2.09. The Labute approximate surface area is 63.8 Å². The Morgan fingerprint density at radius 1 is 1.67 bits per heavy atom. The third-order valence-corrected chi connectivity index (χ3v) is 2.59. The highest BCUT2D eigenvalue weighted by Crippen LogP contribution is 2.23. The van der Waals surface area contributed by atoms with Crippen molar-refractivity contribution in [2.45, 2.75) is 20.3 Å². The quantitative estimate of drug-likeness (QED) is 0.617. The van der Waals surface area contributed by atoms with Crippen molar-refractivity contribution in [1.29, 1.82) is 0 Å². The van der Waals surface area contributed by atoms with Crippen molar-refractivity contribution < 1.29 is 0 Å². The van der Waals surface area contributed by atoms with Crippen molar-refractivity contribution in [2.75, 3.05) is 0 Å². The van der Waals surface area contributed by atoms with Crippen LogP contribution in [0.3, 0.4) is 0 Å². The zero-order chi connectivity index (χ0) is 6.85. The predicted octanol–water partition coefficient (Wildman–Crippen LogP) is 2.67. The fourth-order valence-corrected chi connectivity index (χ4v) is 1.62. The van der Waals surface area contributed by atoms with E-state index in [1.807, 2.05) is 6.92 Å². The average molecular weight is 162 g/mol. The van der Waals surface area contributed by atoms with Gasteiger partial charge in [-0.1, -0.05) is 18.5 Å². The molecular weight excluding hydrogens is 154 g/mol. The summed E-state index contributed by atoms with van der Waals surface area (Å²) in [5.41, 5.74) is 1.03. The van der Waals surface area contributed by atoms with Crippen LogP contribution in [0, 0.1) is 6.92 Å². The van der Waals surface area contributed by atoms with Crippen molar-refractivity contribution in [3.05, 3.63) is 15.6 Å². The number of aromatic nitrogens is 1. The lowest BCUT2D eigenvalue weighted by Crippen LogP contribution is -1.77. The second-order valence-corrected chi connectivity index (χ2v) is 3.21. The molecule has 0 saturated heterocycles. The van der Waals surface area contributed by atoms with Gasteiger partial charge in [-0.3, -0.25) is 0 Å². The van der Waals surface area contributed by atoms with Crippen molar-refractivity contribution in [3.63, 3.8) is 0 Å². The second-order valence-electron chi connectivity index (χ2n) is 1.85. The summed E-state index contributed by atoms with van der Waals surface area (Å²) in [6.45, 7) is 4.04. The molecule has 0 spiro atoms. The molecule has 0 N–H and O–H groups in total. The summed E-state index contributed by atoms with van der Waals surface area (Å²) in [5.74, 6) is 0. The summed E-state index contributed by atoms with van der Waals surface area (Å²) in [6.07, 6.45) is 0.934. The van der Waals surface area contributed by atoms with Crippen LogP contribution in [-0.2, 0) is 6.42 Å². The van der Waals surface area contributed by atoms with Gasteiger partial charge in [-0.05, 0) is 24.9 Å². The number of halogens is 1. The molecule has 0 aliphatic heterocycles. The number of nitrogens with zero attached hydrogens (tertiary/aromatic N) is 1. The molecule has 0 aliphatic carbocycles. The van der Waals surface area contributed by atoms with Crippen LogP contribution >= 0.6 is 23.1 Å². The molecule has 1 aromatic rings. The molecule has 0 bridgehead atoms. The van der Waals surface area contributed by atoms with Gasteiger partial charge in [0.25, 0.3) is 0 Å². The van der Waals surface area contributed by atoms with Crippen LogP contribution < -0.4 is 0 Å². The molecule has 1 rings (SSSR count). The molecule has 0 aromatic carbocycles. The average Bonchev–Trinajstić information content (AvgIpc) is 2.15. The highest BCUT2D eigenvalue weighted by molar-refractivity contribution is 7.06. The first-order chi connectivity index (χ1) is 4.25. The topological polar surface area (TPSA) is 12.9 Å². The molecule has 1 nitrogen and oxygen atoms in total. The zero-order valence-electron chi connectivity index (χ0n) is 5.44. The fraction of sp³-hybridized carbons (Fsp3) is 0.500. The summed E-state index contributed by atoms with van der Waals surface area (Å²) >= 11 is 7.33. The van der Waals surface area contributed by atoms with Crippen LogP contribution in [0.1, 0.15) is 17.5 Å². The number of hydrogen-bond acceptors (Lipinski definition) is 2. The third kappa shape index (κ3) is 1.25. The lowest BCUT2D eigenvalue weighted by molar-refractivity contribution is 1.09. The Balaban J connectivity index is 3.04. The molecule has 0 amide bonds. The van der Waals surface area contributed by atoms with Gasteiger partial charge in [0.1, 0.15) is 0 Å². The summed E-state index contributed by atoms with van der Waals surface area (Å²) in [7, 11) is 0. The van der Waals surface area contributed by atoms with E-state index in [1.165, 1.54) is 11.5 Å². The van der Waals surface area contributed by atoms with E-state index in [4.69, 9.17) is 11.6 Å². The zero-order valence-corrected chi connectivity index (χ0v) is 7.01. The molecular formula is C6H8ClNS. The van der Waals surface area contributed by atoms with Gasteiger partial charge in [-0.2, -0.15) is 4.37 Å². The lowest BCUT2D eigenvalue weighted by atomic mass is 10.3. The predicted molar refractivity (Wildman–Crippen MR) is 41.2 cm³/mol. The van der Waals surface area contributed by atoms with E-state index >= 15 is 0 Å². The van der Waals surface area contributed by atoms with Gasteiger partial charge in [0.2, 0.25) is 0 Å². The number of aryl methyl sites for hydroxylation is 2. The maximum Gasteiger partial charge on any atom is 0.0774 e. The summed E-state index contributed by atoms with van der Waals surface area (Å²) in [5, 5.41) is 0.850. The highest BCUT2D eigenvalue weighted by Gasteiger charge is 2.03. The van der Waals surface area contributed by atoms with Crippen molar-refractivity contribution in [3.8, 4) is 0 Å². The fourth-order valence-electron chi connectivity index (χ4n) is 0.627. The molecule has 0 unspecified atom stereocenters. The number of hydrogen-bond donors (Lipinski definition) is 0. The Hall–Kier alpha value is -0.0800. The van der Waals surface area contributed by atoms with Gasteiger partial charge >= 0.3 is 0 Å². The minimum absolute atomic E-state index is 0.850. The van der Waals surface area contributed by atoms with Gasteiger partial charge in [0, 0.05) is 4.88 Å². The van der Waals surface area contributed by atoms with Crippen LogP contribution in [0.5, 0.6) is 0 Å². The summed E-state index contributed by atoms with van der Waals surface area (Å²) in [4.78, 5) is 1.12. The monoisotopic (exact) mass is 161 g/mol. The Bertz CT molecular complexity index is 207. The van der Waals surface area contributed by atoms with E-state index in [-0.39, 0.29) is 0 Å². The molecule has 0 aliphatic rings. The molecule has 0 fully saturated rings. The smallest absolute Gasteiger partial charge is 0.0774 e. The van der Waals surface area contributed by atoms with E-state index in [2.05, 4.69) is 11.3 Å². The van der Waals surface area contributed by atoms with Crippen LogP contribution in [0.15, 0.2) is 0 Å². The maximum atomic E-state index is 5.86. The standard InChI is InChI=1S/C6H8ClNS/c1-3-5-6(7)4(2)9-8-5/h3H2,1-2H3. The van der Waals surface area contributed by atoms with Crippen LogP contribution in [-0.4, -0.2) is 4.37 Å². The molecule has 1 aromatic heterocycles. The first-order valence-electron chi connectivity index (χ1n) is 2.86. The van der Waals surface area contributed by atoms with E-state index in [1.54, 1.807) is 0 Å². The highest BCUT2D eigenvalue weighted by atomic mass is 35.5. The summed E-state index contributed by atoms with van der Waals surface area (Å²) < 4.78 is 4.14. The maximum absolute atomic E-state index is 5.86. The van der Waals surface area contributed by atoms with Gasteiger partial charge in [0.15, 0.2) is 0 Å². The second kappa shape index (κ2) is 2.67. The molecule has 50 valence electrons. The Morgan fingerprint density at radius 2 is 2.33 bits per heavy atom. The molecule has 9 heavy (non-hydrogen) atoms. The molecule has 0 atom stereocenters. The normalized spacial score (nSPS) is 10.1. The molecule has 0 saturated carbocycles. The van der Waals surface area contributed by atoms with Gasteiger partial charge < -0.3 is 0 Å². The minimum atomic E-state index is 0.850. The minimum Gasteiger partial charge on any atom is -0.196 e. The first kappa shape index (κ1) is 7.03. The molecule has 1 heterocycles. The Morgan fingerprint density at radius 3 is 2.56 bits per heavy atom. The molecule has 0 radical (unpaired) electrons. The summed E-state index contributed by atoms with van der Waals surface area (Å²) in [6, 6.07) is 0. The van der Waals surface area contributed by atoms with Gasteiger partial charge in [-0.25, -0.2) is 0 Å². The number of rotatable bonds is 1. The van der Waals surface area contributed by atoms with Crippen LogP contribution in [0.25, 0.3) is 0 Å². The largest absolute Gasteiger partial charge is 0.196 e. The van der Waals surface area contributed by atoms with E-state index < -0.39 is 0 Å². The van der Waals surface area contributed by atoms with Gasteiger partial charge in [0.05, 0.1) is 10.7 Å². The van der Waals surface area contributed by atoms with Crippen molar-refractivity contribution >= 4 is 23.1 Å². The van der Waals surface area contributed by atoms with Crippen molar-refractivity contribution in [2.24, 2.45) is 0 Å². The van der Waals surface area contributed by atoms with E-state index in [0.717, 1.165) is 22.0 Å². The van der Waals surface area contributed by atoms with Crippen molar-refractivity contribution in [1.82, 2.24) is 4.37 Å². The van der Waals surface area contributed by atoms with Gasteiger partial charge in [-0.15, -0.1) is 0 Å². The third-order valence-electron chi connectivity index (χ3n) is 1.19.